The van der Waals surface area contributed by atoms with Gasteiger partial charge in [0.1, 0.15) is 0 Å². The Morgan fingerprint density at radius 3 is 2.44 bits per heavy atom. The molecule has 1 aromatic carbocycles. The summed E-state index contributed by atoms with van der Waals surface area (Å²) >= 11 is 5.99. The molecule has 0 amide bonds. The Kier molecular flexibility index (Phi) is 3.88. The summed E-state index contributed by atoms with van der Waals surface area (Å²) in [7, 11) is 2.20. The third-order valence-corrected chi connectivity index (χ3v) is 3.68. The Morgan fingerprint density at radius 1 is 1.25 bits per heavy atom. The van der Waals surface area contributed by atoms with Gasteiger partial charge in [0.2, 0.25) is 0 Å². The Bertz CT molecular complexity index is 327. The van der Waals surface area contributed by atoms with E-state index in [1.54, 1.807) is 0 Å². The summed E-state index contributed by atoms with van der Waals surface area (Å²) in [4.78, 5) is 2.40. The van der Waals surface area contributed by atoms with Gasteiger partial charge in [0.25, 0.3) is 0 Å². The van der Waals surface area contributed by atoms with Crippen LogP contribution in [0.2, 0.25) is 0 Å². The lowest BCUT2D eigenvalue weighted by Gasteiger charge is -2.34. The van der Waals surface area contributed by atoms with Crippen molar-refractivity contribution in [3.05, 3.63) is 35.4 Å². The number of halogens is 1. The van der Waals surface area contributed by atoms with Crippen molar-refractivity contribution < 1.29 is 0 Å². The molecule has 1 aliphatic carbocycles. The van der Waals surface area contributed by atoms with Crippen molar-refractivity contribution in [1.29, 1.82) is 0 Å². The van der Waals surface area contributed by atoms with Crippen LogP contribution in [-0.2, 0) is 6.54 Å². The number of hydrogen-bond donors (Lipinski definition) is 0. The van der Waals surface area contributed by atoms with E-state index in [0.29, 0.717) is 5.38 Å². The van der Waals surface area contributed by atoms with E-state index in [4.69, 9.17) is 11.6 Å². The highest BCUT2D eigenvalue weighted by Crippen LogP contribution is 2.32. The van der Waals surface area contributed by atoms with Crippen molar-refractivity contribution >= 4 is 11.6 Å². The first kappa shape index (κ1) is 11.9. The first-order valence-corrected chi connectivity index (χ1v) is 6.45. The van der Waals surface area contributed by atoms with Crippen LogP contribution in [-0.4, -0.2) is 23.9 Å². The van der Waals surface area contributed by atoms with E-state index in [0.717, 1.165) is 12.5 Å². The molecule has 0 aromatic heterocycles. The normalized spacial score (nSPS) is 24.5. The number of rotatable bonds is 4. The molecule has 0 aliphatic heterocycles. The SMILES string of the molecule is Cc1ccc(CN(C)CC2CC(Cl)C2)cc1. The van der Waals surface area contributed by atoms with E-state index in [1.165, 1.54) is 30.5 Å². The van der Waals surface area contributed by atoms with Gasteiger partial charge in [-0.05, 0) is 38.3 Å². The first-order chi connectivity index (χ1) is 7.63. The van der Waals surface area contributed by atoms with Gasteiger partial charge < -0.3 is 4.90 Å². The molecular weight excluding hydrogens is 218 g/mol. The zero-order valence-electron chi connectivity index (χ0n) is 10.1. The van der Waals surface area contributed by atoms with Crippen LogP contribution in [0.15, 0.2) is 24.3 Å². The molecule has 1 nitrogen and oxygen atoms in total. The quantitative estimate of drug-likeness (QED) is 0.726. The molecule has 2 heteroatoms. The summed E-state index contributed by atoms with van der Waals surface area (Å²) in [5, 5.41) is 0.442. The van der Waals surface area contributed by atoms with Crippen LogP contribution in [0.25, 0.3) is 0 Å². The predicted molar refractivity (Wildman–Crippen MR) is 69.9 cm³/mol. The summed E-state index contributed by atoms with van der Waals surface area (Å²) in [6.07, 6.45) is 2.39. The summed E-state index contributed by atoms with van der Waals surface area (Å²) in [6, 6.07) is 8.80. The molecule has 1 aromatic rings. The molecular formula is C14H20ClN. The van der Waals surface area contributed by atoms with Crippen molar-refractivity contribution in [2.24, 2.45) is 5.92 Å². The van der Waals surface area contributed by atoms with Gasteiger partial charge in [0.15, 0.2) is 0 Å². The van der Waals surface area contributed by atoms with Crippen LogP contribution in [0, 0.1) is 12.8 Å². The Balaban J connectivity index is 1.78. The molecule has 88 valence electrons. The fourth-order valence-corrected chi connectivity index (χ4v) is 2.82. The van der Waals surface area contributed by atoms with E-state index in [-0.39, 0.29) is 0 Å². The molecule has 0 spiro atoms. The van der Waals surface area contributed by atoms with Crippen LogP contribution >= 0.6 is 11.6 Å². The van der Waals surface area contributed by atoms with Gasteiger partial charge in [0.05, 0.1) is 0 Å². The van der Waals surface area contributed by atoms with Crippen LogP contribution in [0.4, 0.5) is 0 Å². The van der Waals surface area contributed by atoms with Gasteiger partial charge in [-0.15, -0.1) is 11.6 Å². The van der Waals surface area contributed by atoms with Crippen molar-refractivity contribution in [3.8, 4) is 0 Å². The van der Waals surface area contributed by atoms with Crippen molar-refractivity contribution in [2.45, 2.75) is 31.7 Å². The summed E-state index contributed by atoms with van der Waals surface area (Å²) in [6.45, 7) is 4.35. The minimum absolute atomic E-state index is 0.442. The molecule has 1 fully saturated rings. The van der Waals surface area contributed by atoms with Gasteiger partial charge in [-0.3, -0.25) is 0 Å². The standard InChI is InChI=1S/C14H20ClN/c1-11-3-5-12(6-4-11)9-16(2)10-13-7-14(15)8-13/h3-6,13-14H,7-10H2,1-2H3. The summed E-state index contributed by atoms with van der Waals surface area (Å²) in [5.41, 5.74) is 2.73. The molecule has 0 bridgehead atoms. The zero-order valence-corrected chi connectivity index (χ0v) is 10.9. The van der Waals surface area contributed by atoms with Gasteiger partial charge >= 0.3 is 0 Å². The maximum absolute atomic E-state index is 5.99. The lowest BCUT2D eigenvalue weighted by atomic mass is 9.84. The average Bonchev–Trinajstić information content (AvgIpc) is 2.19. The number of benzene rings is 1. The second-order valence-corrected chi connectivity index (χ2v) is 5.73. The van der Waals surface area contributed by atoms with Crippen molar-refractivity contribution in [2.75, 3.05) is 13.6 Å². The molecule has 16 heavy (non-hydrogen) atoms. The fraction of sp³-hybridized carbons (Fsp3) is 0.571. The molecule has 0 saturated heterocycles. The predicted octanol–water partition coefficient (Wildman–Crippen LogP) is 3.44. The number of aryl methyl sites for hydroxylation is 1. The molecule has 1 saturated carbocycles. The Labute approximate surface area is 103 Å². The largest absolute Gasteiger partial charge is 0.302 e. The minimum atomic E-state index is 0.442. The smallest absolute Gasteiger partial charge is 0.0342 e. The fourth-order valence-electron chi connectivity index (χ4n) is 2.31. The molecule has 0 radical (unpaired) electrons. The zero-order chi connectivity index (χ0) is 11.5. The molecule has 0 N–H and O–H groups in total. The van der Waals surface area contributed by atoms with Crippen molar-refractivity contribution in [1.82, 2.24) is 4.90 Å². The maximum atomic E-state index is 5.99. The highest BCUT2D eigenvalue weighted by atomic mass is 35.5. The molecule has 0 heterocycles. The van der Waals surface area contributed by atoms with E-state index < -0.39 is 0 Å². The van der Waals surface area contributed by atoms with E-state index in [9.17, 15) is 0 Å². The Hall–Kier alpha value is -0.530. The second-order valence-electron chi connectivity index (χ2n) is 5.12. The average molecular weight is 238 g/mol. The topological polar surface area (TPSA) is 3.24 Å². The second kappa shape index (κ2) is 5.20. The lowest BCUT2D eigenvalue weighted by molar-refractivity contribution is 0.204. The third-order valence-electron chi connectivity index (χ3n) is 3.32. The lowest BCUT2D eigenvalue weighted by Crippen LogP contribution is -2.34. The van der Waals surface area contributed by atoms with E-state index in [1.807, 2.05) is 0 Å². The van der Waals surface area contributed by atoms with Crippen LogP contribution in [0.5, 0.6) is 0 Å². The summed E-state index contributed by atoms with van der Waals surface area (Å²) in [5.74, 6) is 0.818. The number of nitrogens with zero attached hydrogens (tertiary/aromatic N) is 1. The van der Waals surface area contributed by atoms with Crippen LogP contribution < -0.4 is 0 Å². The number of hydrogen-bond acceptors (Lipinski definition) is 1. The van der Waals surface area contributed by atoms with Gasteiger partial charge in [-0.25, -0.2) is 0 Å². The van der Waals surface area contributed by atoms with E-state index in [2.05, 4.69) is 43.1 Å². The van der Waals surface area contributed by atoms with E-state index >= 15 is 0 Å². The number of alkyl halides is 1. The molecule has 0 unspecified atom stereocenters. The first-order valence-electron chi connectivity index (χ1n) is 6.01. The van der Waals surface area contributed by atoms with Crippen molar-refractivity contribution in [3.63, 3.8) is 0 Å². The van der Waals surface area contributed by atoms with Crippen LogP contribution in [0.3, 0.4) is 0 Å². The summed E-state index contributed by atoms with van der Waals surface area (Å²) < 4.78 is 0. The highest BCUT2D eigenvalue weighted by Gasteiger charge is 2.27. The van der Waals surface area contributed by atoms with Gasteiger partial charge in [-0.1, -0.05) is 29.8 Å². The van der Waals surface area contributed by atoms with Gasteiger partial charge in [-0.2, -0.15) is 0 Å². The van der Waals surface area contributed by atoms with Gasteiger partial charge in [0, 0.05) is 18.5 Å². The van der Waals surface area contributed by atoms with Crippen LogP contribution in [0.1, 0.15) is 24.0 Å². The minimum Gasteiger partial charge on any atom is -0.302 e. The molecule has 1 aliphatic rings. The third kappa shape index (κ3) is 3.23. The monoisotopic (exact) mass is 237 g/mol. The molecule has 0 atom stereocenters. The Morgan fingerprint density at radius 2 is 1.88 bits per heavy atom. The molecule has 2 rings (SSSR count). The highest BCUT2D eigenvalue weighted by molar-refractivity contribution is 6.21. The maximum Gasteiger partial charge on any atom is 0.0342 e.